The Hall–Kier alpha value is -1.82. The van der Waals surface area contributed by atoms with Crippen molar-refractivity contribution in [3.63, 3.8) is 0 Å². The molecule has 0 heterocycles. The van der Waals surface area contributed by atoms with Crippen LogP contribution in [-0.4, -0.2) is 34.4 Å². The van der Waals surface area contributed by atoms with E-state index in [9.17, 15) is 14.4 Å². The van der Waals surface area contributed by atoms with Gasteiger partial charge in [0, 0.05) is 5.75 Å². The van der Waals surface area contributed by atoms with Crippen LogP contribution in [-0.2, 0) is 20.8 Å². The molecule has 0 fully saturated rings. The average Bonchev–Trinajstić information content (AvgIpc) is 2.35. The number of hydrogen-bond acceptors (Lipinski definition) is 4. The highest BCUT2D eigenvalue weighted by Gasteiger charge is 2.08. The third kappa shape index (κ3) is 7.25. The first-order chi connectivity index (χ1) is 9.08. The first-order valence-corrected chi connectivity index (χ1v) is 6.89. The molecule has 1 rings (SSSR count). The van der Waals surface area contributed by atoms with Gasteiger partial charge in [0.1, 0.15) is 0 Å². The summed E-state index contributed by atoms with van der Waals surface area (Å²) >= 11 is 1.19. The Balaban J connectivity index is 2.21. The lowest BCUT2D eigenvalue weighted by Crippen LogP contribution is -2.33. The van der Waals surface area contributed by atoms with E-state index in [0.29, 0.717) is 5.75 Å². The second kappa shape index (κ2) is 8.31. The van der Waals surface area contributed by atoms with Gasteiger partial charge in [-0.2, -0.15) is 11.8 Å². The molecule has 102 valence electrons. The average molecular weight is 281 g/mol. The molecule has 2 N–H and O–H groups in total. The Kier molecular flexibility index (Phi) is 6.67. The van der Waals surface area contributed by atoms with Crippen LogP contribution >= 0.6 is 11.8 Å². The van der Waals surface area contributed by atoms with Gasteiger partial charge in [-0.3, -0.25) is 19.7 Å². The maximum atomic E-state index is 11.5. The zero-order valence-electron chi connectivity index (χ0n) is 10.3. The summed E-state index contributed by atoms with van der Waals surface area (Å²) in [6.45, 7) is 0. The summed E-state index contributed by atoms with van der Waals surface area (Å²) in [5.74, 6) is -1.19. The van der Waals surface area contributed by atoms with Gasteiger partial charge in [-0.15, -0.1) is 0 Å². The highest BCUT2D eigenvalue weighted by Crippen LogP contribution is 2.02. The largest absolute Gasteiger partial charge is 0.481 e. The number of nitrogens with one attached hydrogen (secondary N) is 1. The molecule has 0 aliphatic heterocycles. The van der Waals surface area contributed by atoms with E-state index in [-0.39, 0.29) is 24.5 Å². The number of aliphatic carboxylic acids is 1. The van der Waals surface area contributed by atoms with E-state index in [2.05, 4.69) is 5.32 Å². The second-order valence-electron chi connectivity index (χ2n) is 3.83. The van der Waals surface area contributed by atoms with Crippen LogP contribution in [0.25, 0.3) is 0 Å². The van der Waals surface area contributed by atoms with Crippen molar-refractivity contribution in [2.75, 3.05) is 11.5 Å². The zero-order chi connectivity index (χ0) is 14.1. The fourth-order valence-corrected chi connectivity index (χ4v) is 2.06. The molecule has 0 bridgehead atoms. The van der Waals surface area contributed by atoms with Crippen molar-refractivity contribution in [3.05, 3.63) is 35.9 Å². The predicted octanol–water partition coefficient (Wildman–Crippen LogP) is 1.08. The van der Waals surface area contributed by atoms with E-state index in [1.54, 1.807) is 0 Å². The van der Waals surface area contributed by atoms with Gasteiger partial charge in [-0.25, -0.2) is 0 Å². The maximum absolute atomic E-state index is 11.5. The van der Waals surface area contributed by atoms with Crippen molar-refractivity contribution in [1.29, 1.82) is 0 Å². The van der Waals surface area contributed by atoms with Gasteiger partial charge in [0.2, 0.25) is 11.8 Å². The maximum Gasteiger partial charge on any atom is 0.304 e. The first-order valence-electron chi connectivity index (χ1n) is 5.74. The number of carboxylic acid groups (broad SMARTS) is 1. The summed E-state index contributed by atoms with van der Waals surface area (Å²) in [4.78, 5) is 33.2. The minimum absolute atomic E-state index is 0.00983. The number of rotatable bonds is 7. The number of benzene rings is 1. The van der Waals surface area contributed by atoms with Gasteiger partial charge in [0.25, 0.3) is 0 Å². The molecule has 0 aromatic heterocycles. The summed E-state index contributed by atoms with van der Waals surface area (Å²) in [7, 11) is 0. The third-order valence-corrected chi connectivity index (χ3v) is 3.14. The van der Waals surface area contributed by atoms with Crippen LogP contribution in [0, 0.1) is 0 Å². The van der Waals surface area contributed by atoms with Gasteiger partial charge in [-0.1, -0.05) is 30.3 Å². The van der Waals surface area contributed by atoms with E-state index in [1.807, 2.05) is 30.3 Å². The summed E-state index contributed by atoms with van der Waals surface area (Å²) in [5, 5.41) is 10.7. The van der Waals surface area contributed by atoms with E-state index < -0.39 is 11.9 Å². The number of carbonyl (C=O) groups is 3. The van der Waals surface area contributed by atoms with E-state index >= 15 is 0 Å². The van der Waals surface area contributed by atoms with E-state index in [1.165, 1.54) is 11.8 Å². The smallest absolute Gasteiger partial charge is 0.304 e. The summed E-state index contributed by atoms with van der Waals surface area (Å²) in [5.41, 5.74) is 0.839. The van der Waals surface area contributed by atoms with E-state index in [4.69, 9.17) is 5.11 Å². The van der Waals surface area contributed by atoms with Crippen molar-refractivity contribution in [1.82, 2.24) is 5.32 Å². The summed E-state index contributed by atoms with van der Waals surface area (Å²) < 4.78 is 0. The molecular formula is C13H15NO4S. The molecule has 0 spiro atoms. The van der Waals surface area contributed by atoms with Crippen molar-refractivity contribution >= 4 is 29.5 Å². The number of amides is 2. The number of carboxylic acids is 1. The lowest BCUT2D eigenvalue weighted by Gasteiger charge is -2.04. The molecule has 5 nitrogen and oxygen atoms in total. The molecule has 0 saturated carbocycles. The lowest BCUT2D eigenvalue weighted by atomic mass is 10.1. The monoisotopic (exact) mass is 281 g/mol. The normalized spacial score (nSPS) is 9.89. The quantitative estimate of drug-likeness (QED) is 0.731. The van der Waals surface area contributed by atoms with Crippen LogP contribution in [0.4, 0.5) is 0 Å². The van der Waals surface area contributed by atoms with Crippen molar-refractivity contribution < 1.29 is 19.5 Å². The predicted molar refractivity (Wildman–Crippen MR) is 72.9 cm³/mol. The van der Waals surface area contributed by atoms with Gasteiger partial charge < -0.3 is 5.11 Å². The number of hydrogen-bond donors (Lipinski definition) is 2. The Morgan fingerprint density at radius 3 is 2.42 bits per heavy atom. The third-order valence-electron chi connectivity index (χ3n) is 2.18. The van der Waals surface area contributed by atoms with Crippen molar-refractivity contribution in [2.45, 2.75) is 12.8 Å². The Bertz CT molecular complexity index is 447. The molecule has 0 radical (unpaired) electrons. The highest BCUT2D eigenvalue weighted by molar-refractivity contribution is 7.99. The Morgan fingerprint density at radius 2 is 1.79 bits per heavy atom. The van der Waals surface area contributed by atoms with Crippen LogP contribution in [0.1, 0.15) is 12.0 Å². The van der Waals surface area contributed by atoms with Crippen LogP contribution < -0.4 is 5.32 Å². The van der Waals surface area contributed by atoms with Crippen molar-refractivity contribution in [3.8, 4) is 0 Å². The molecule has 6 heteroatoms. The lowest BCUT2D eigenvalue weighted by molar-refractivity contribution is -0.136. The Labute approximate surface area is 115 Å². The standard InChI is InChI=1S/C13H15NO4S/c15-11(8-10-4-2-1-3-5-10)14-12(16)9-19-7-6-13(17)18/h1-5H,6-9H2,(H,17,18)(H,14,15,16). The molecular weight excluding hydrogens is 266 g/mol. The molecule has 0 atom stereocenters. The molecule has 1 aromatic rings. The molecule has 19 heavy (non-hydrogen) atoms. The molecule has 0 unspecified atom stereocenters. The minimum atomic E-state index is -0.895. The first kappa shape index (κ1) is 15.2. The number of imide groups is 1. The molecule has 0 saturated heterocycles. The van der Waals surface area contributed by atoms with Crippen LogP contribution in [0.3, 0.4) is 0 Å². The van der Waals surface area contributed by atoms with Crippen molar-refractivity contribution in [2.24, 2.45) is 0 Å². The summed E-state index contributed by atoms with van der Waals surface area (Å²) in [6, 6.07) is 9.13. The SMILES string of the molecule is O=C(O)CCSCC(=O)NC(=O)Cc1ccccc1. The van der Waals surface area contributed by atoms with Gasteiger partial charge in [0.15, 0.2) is 0 Å². The highest BCUT2D eigenvalue weighted by atomic mass is 32.2. The summed E-state index contributed by atoms with van der Waals surface area (Å²) in [6.07, 6.45) is 0.169. The number of carbonyl (C=O) groups excluding carboxylic acids is 2. The Morgan fingerprint density at radius 1 is 1.11 bits per heavy atom. The fraction of sp³-hybridized carbons (Fsp3) is 0.308. The van der Waals surface area contributed by atoms with Crippen LogP contribution in [0.2, 0.25) is 0 Å². The van der Waals surface area contributed by atoms with Crippen LogP contribution in [0.5, 0.6) is 0 Å². The fourth-order valence-electron chi connectivity index (χ4n) is 1.34. The zero-order valence-corrected chi connectivity index (χ0v) is 11.1. The minimum Gasteiger partial charge on any atom is -0.481 e. The molecule has 0 aliphatic rings. The number of thioether (sulfide) groups is 1. The van der Waals surface area contributed by atoms with Crippen LogP contribution in [0.15, 0.2) is 30.3 Å². The topological polar surface area (TPSA) is 83.5 Å². The molecule has 0 aliphatic carbocycles. The van der Waals surface area contributed by atoms with Gasteiger partial charge in [0.05, 0.1) is 18.6 Å². The van der Waals surface area contributed by atoms with Gasteiger partial charge >= 0.3 is 5.97 Å². The van der Waals surface area contributed by atoms with E-state index in [0.717, 1.165) is 5.56 Å². The molecule has 1 aromatic carbocycles. The van der Waals surface area contributed by atoms with Gasteiger partial charge in [-0.05, 0) is 5.56 Å². The molecule has 2 amide bonds. The second-order valence-corrected chi connectivity index (χ2v) is 4.94.